The van der Waals surface area contributed by atoms with E-state index in [9.17, 15) is 9.90 Å². The lowest BCUT2D eigenvalue weighted by Gasteiger charge is -2.15. The molecule has 1 heterocycles. The fraction of sp³-hybridized carbons (Fsp3) is 0.222. The Morgan fingerprint density at radius 3 is 2.84 bits per heavy atom. The largest absolute Gasteiger partial charge is 0.506 e. The van der Waals surface area contributed by atoms with Crippen molar-refractivity contribution in [2.24, 2.45) is 0 Å². The third kappa shape index (κ3) is 3.82. The first-order chi connectivity index (χ1) is 12.0. The first kappa shape index (κ1) is 16.6. The minimum atomic E-state index is -0.497. The van der Waals surface area contributed by atoms with Gasteiger partial charge in [0.2, 0.25) is 0 Å². The van der Waals surface area contributed by atoms with E-state index in [1.54, 1.807) is 16.9 Å². The van der Waals surface area contributed by atoms with Crippen LogP contribution in [0, 0.1) is 0 Å². The van der Waals surface area contributed by atoms with Crippen molar-refractivity contribution in [3.63, 3.8) is 0 Å². The maximum Gasteiger partial charge on any atom is 0.407 e. The van der Waals surface area contributed by atoms with Gasteiger partial charge in [0.05, 0.1) is 18.3 Å². The molecule has 1 atom stereocenters. The van der Waals surface area contributed by atoms with Gasteiger partial charge in [0.1, 0.15) is 18.0 Å². The van der Waals surface area contributed by atoms with Gasteiger partial charge in [-0.25, -0.2) is 4.79 Å². The van der Waals surface area contributed by atoms with Crippen molar-refractivity contribution in [2.45, 2.75) is 26.1 Å². The molecule has 1 unspecified atom stereocenters. The van der Waals surface area contributed by atoms with Gasteiger partial charge in [-0.2, -0.15) is 5.10 Å². The van der Waals surface area contributed by atoms with E-state index in [0.29, 0.717) is 12.1 Å². The van der Waals surface area contributed by atoms with Crippen LogP contribution in [0.4, 0.5) is 10.5 Å². The average Bonchev–Trinajstić information content (AvgIpc) is 3.00. The Hall–Kier alpha value is -3.22. The molecular formula is C18H20N4O3. The van der Waals surface area contributed by atoms with Crippen molar-refractivity contribution in [1.82, 2.24) is 15.1 Å². The van der Waals surface area contributed by atoms with Crippen molar-refractivity contribution in [3.05, 3.63) is 54.2 Å². The van der Waals surface area contributed by atoms with E-state index in [1.807, 2.05) is 37.3 Å². The summed E-state index contributed by atoms with van der Waals surface area (Å²) in [6.07, 6.45) is 1.18. The molecule has 25 heavy (non-hydrogen) atoms. The van der Waals surface area contributed by atoms with Crippen LogP contribution in [0.2, 0.25) is 0 Å². The van der Waals surface area contributed by atoms with E-state index in [-0.39, 0.29) is 24.1 Å². The highest BCUT2D eigenvalue weighted by molar-refractivity contribution is 5.92. The normalized spacial score (nSPS) is 12.0. The van der Waals surface area contributed by atoms with Gasteiger partial charge in [0.25, 0.3) is 0 Å². The monoisotopic (exact) mass is 340 g/mol. The molecule has 3 rings (SSSR count). The predicted molar refractivity (Wildman–Crippen MR) is 95.0 cm³/mol. The van der Waals surface area contributed by atoms with Crippen LogP contribution in [-0.2, 0) is 17.9 Å². The minimum Gasteiger partial charge on any atom is -0.506 e. The highest BCUT2D eigenvalue weighted by Crippen LogP contribution is 2.29. The fourth-order valence-electron chi connectivity index (χ4n) is 2.61. The molecule has 0 aliphatic heterocycles. The molecule has 0 radical (unpaired) electrons. The lowest BCUT2D eigenvalue weighted by atomic mass is 10.2. The molecule has 2 aromatic carbocycles. The number of alkyl carbamates (subject to hydrolysis) is 1. The van der Waals surface area contributed by atoms with E-state index in [0.717, 1.165) is 10.9 Å². The number of hydrogen-bond donors (Lipinski definition) is 3. The topological polar surface area (TPSA) is 102 Å². The Morgan fingerprint density at radius 1 is 1.32 bits per heavy atom. The van der Waals surface area contributed by atoms with Crippen molar-refractivity contribution < 1.29 is 14.6 Å². The molecule has 4 N–H and O–H groups in total. The highest BCUT2D eigenvalue weighted by Gasteiger charge is 2.14. The Balaban J connectivity index is 1.60. The number of aromatic nitrogens is 2. The third-order valence-corrected chi connectivity index (χ3v) is 3.84. The van der Waals surface area contributed by atoms with Crippen LogP contribution in [0.5, 0.6) is 5.75 Å². The molecule has 3 aromatic rings. The Labute approximate surface area is 145 Å². The summed E-state index contributed by atoms with van der Waals surface area (Å²) in [5.41, 5.74) is 7.77. The molecule has 130 valence electrons. The van der Waals surface area contributed by atoms with Crippen molar-refractivity contribution in [3.8, 4) is 5.75 Å². The zero-order valence-electron chi connectivity index (χ0n) is 13.8. The smallest absolute Gasteiger partial charge is 0.407 e. The number of phenolic OH excluding ortho intramolecular Hbond substituents is 1. The molecule has 0 fully saturated rings. The number of hydrogen-bond acceptors (Lipinski definition) is 5. The molecule has 0 saturated carbocycles. The molecule has 0 aliphatic rings. The van der Waals surface area contributed by atoms with Gasteiger partial charge in [0, 0.05) is 11.4 Å². The highest BCUT2D eigenvalue weighted by atomic mass is 16.5. The third-order valence-electron chi connectivity index (χ3n) is 3.84. The van der Waals surface area contributed by atoms with Crippen LogP contribution in [0.15, 0.2) is 48.7 Å². The molecule has 0 bridgehead atoms. The summed E-state index contributed by atoms with van der Waals surface area (Å²) in [6, 6.07) is 12.5. The summed E-state index contributed by atoms with van der Waals surface area (Å²) in [4.78, 5) is 11.9. The molecular weight excluding hydrogens is 320 g/mol. The number of ether oxygens (including phenoxy) is 1. The number of nitrogens with zero attached hydrogens (tertiary/aromatic N) is 2. The number of phenols is 1. The second-order valence-electron chi connectivity index (χ2n) is 5.87. The number of aromatic hydroxyl groups is 1. The first-order valence-electron chi connectivity index (χ1n) is 7.95. The summed E-state index contributed by atoms with van der Waals surface area (Å²) in [5.74, 6) is 0.0112. The van der Waals surface area contributed by atoms with Crippen LogP contribution in [0.1, 0.15) is 12.5 Å². The van der Waals surface area contributed by atoms with E-state index < -0.39 is 6.09 Å². The summed E-state index contributed by atoms with van der Waals surface area (Å²) >= 11 is 0. The van der Waals surface area contributed by atoms with Crippen molar-refractivity contribution in [1.29, 1.82) is 0 Å². The van der Waals surface area contributed by atoms with Crippen LogP contribution in [0.25, 0.3) is 10.9 Å². The maximum atomic E-state index is 11.9. The summed E-state index contributed by atoms with van der Waals surface area (Å²) < 4.78 is 6.86. The Kier molecular flexibility index (Phi) is 4.74. The number of carbonyl (C=O) groups is 1. The zero-order valence-corrected chi connectivity index (χ0v) is 13.8. The standard InChI is InChI=1S/C18H20N4O3/c1-12(21-18(24)25-11-13-5-3-2-4-6-13)10-22-17-14(9-20-22)7-8-15(23)16(17)19/h2-9,12,23H,10-11,19H2,1H3,(H,21,24). The number of nitrogen functional groups attached to an aromatic ring is 1. The van der Waals surface area contributed by atoms with E-state index in [1.165, 1.54) is 6.07 Å². The lowest BCUT2D eigenvalue weighted by molar-refractivity contribution is 0.135. The van der Waals surface area contributed by atoms with Gasteiger partial charge in [-0.15, -0.1) is 0 Å². The first-order valence-corrected chi connectivity index (χ1v) is 7.95. The predicted octanol–water partition coefficient (Wildman–Crippen LogP) is 2.64. The van der Waals surface area contributed by atoms with E-state index in [4.69, 9.17) is 10.5 Å². The van der Waals surface area contributed by atoms with Gasteiger partial charge >= 0.3 is 6.09 Å². The molecule has 0 spiro atoms. The van der Waals surface area contributed by atoms with Gasteiger partial charge < -0.3 is 20.9 Å². The van der Waals surface area contributed by atoms with Gasteiger partial charge in [-0.05, 0) is 24.6 Å². The lowest BCUT2D eigenvalue weighted by Crippen LogP contribution is -2.36. The summed E-state index contributed by atoms with van der Waals surface area (Å²) in [5, 5.41) is 17.6. The number of nitrogens with one attached hydrogen (secondary N) is 1. The van der Waals surface area contributed by atoms with Gasteiger partial charge in [-0.1, -0.05) is 30.3 Å². The van der Waals surface area contributed by atoms with Gasteiger partial charge in [0.15, 0.2) is 0 Å². The molecule has 1 amide bonds. The molecule has 7 heteroatoms. The van der Waals surface area contributed by atoms with Gasteiger partial charge in [-0.3, -0.25) is 4.68 Å². The van der Waals surface area contributed by atoms with E-state index in [2.05, 4.69) is 10.4 Å². The minimum absolute atomic E-state index is 0.0112. The Bertz CT molecular complexity index is 877. The van der Waals surface area contributed by atoms with Crippen molar-refractivity contribution in [2.75, 3.05) is 5.73 Å². The maximum absolute atomic E-state index is 11.9. The van der Waals surface area contributed by atoms with Crippen molar-refractivity contribution >= 4 is 22.7 Å². The van der Waals surface area contributed by atoms with E-state index >= 15 is 0 Å². The SMILES string of the molecule is CC(Cn1ncc2ccc(O)c(N)c21)NC(=O)OCc1ccccc1. The number of anilines is 1. The van der Waals surface area contributed by atoms with Crippen LogP contribution in [-0.4, -0.2) is 27.0 Å². The molecule has 0 saturated heterocycles. The molecule has 1 aromatic heterocycles. The number of carbonyl (C=O) groups excluding carboxylic acids is 1. The fourth-order valence-corrected chi connectivity index (χ4v) is 2.61. The number of benzene rings is 2. The number of rotatable bonds is 5. The second-order valence-corrected chi connectivity index (χ2v) is 5.87. The number of fused-ring (bicyclic) bond motifs is 1. The summed E-state index contributed by atoms with van der Waals surface area (Å²) in [6.45, 7) is 2.46. The molecule has 0 aliphatic carbocycles. The zero-order chi connectivity index (χ0) is 17.8. The average molecular weight is 340 g/mol. The second kappa shape index (κ2) is 7.12. The number of nitrogens with two attached hydrogens (primary N) is 1. The Morgan fingerprint density at radius 2 is 2.08 bits per heavy atom. The van der Waals surface area contributed by atoms with Crippen LogP contribution < -0.4 is 11.1 Å². The number of amides is 1. The van der Waals surface area contributed by atoms with Crippen LogP contribution >= 0.6 is 0 Å². The summed E-state index contributed by atoms with van der Waals surface area (Å²) in [7, 11) is 0. The quantitative estimate of drug-likeness (QED) is 0.489. The molecule has 7 nitrogen and oxygen atoms in total. The van der Waals surface area contributed by atoms with Crippen LogP contribution in [0.3, 0.4) is 0 Å².